The van der Waals surface area contributed by atoms with Gasteiger partial charge in [-0.05, 0) is 32.4 Å². The predicted molar refractivity (Wildman–Crippen MR) is 83.1 cm³/mol. The van der Waals surface area contributed by atoms with Crippen LogP contribution in [0.5, 0.6) is 0 Å². The monoisotopic (exact) mass is 261 g/mol. The van der Waals surface area contributed by atoms with Crippen LogP contribution in [-0.2, 0) is 0 Å². The average molecular weight is 261 g/mol. The summed E-state index contributed by atoms with van der Waals surface area (Å²) in [5, 5.41) is 3.41. The zero-order valence-electron chi connectivity index (χ0n) is 12.7. The molecule has 19 heavy (non-hydrogen) atoms. The lowest BCUT2D eigenvalue weighted by molar-refractivity contribution is 0.187. The summed E-state index contributed by atoms with van der Waals surface area (Å²) in [7, 11) is 2.20. The highest BCUT2D eigenvalue weighted by atomic mass is 15.2. The first kappa shape index (κ1) is 14.4. The van der Waals surface area contributed by atoms with Crippen molar-refractivity contribution in [2.75, 3.05) is 44.7 Å². The lowest BCUT2D eigenvalue weighted by atomic mass is 10.1. The molecule has 0 aliphatic carbocycles. The van der Waals surface area contributed by atoms with E-state index >= 15 is 0 Å². The topological polar surface area (TPSA) is 18.5 Å². The number of aryl methyl sites for hydroxylation is 2. The van der Waals surface area contributed by atoms with E-state index in [9.17, 15) is 0 Å². The highest BCUT2D eigenvalue weighted by Gasteiger charge is 2.18. The molecule has 0 saturated carbocycles. The second-order valence-electron chi connectivity index (χ2n) is 5.81. The van der Waals surface area contributed by atoms with Crippen LogP contribution in [0.3, 0.4) is 0 Å². The van der Waals surface area contributed by atoms with Crippen LogP contribution in [0.4, 0.5) is 5.69 Å². The van der Waals surface area contributed by atoms with Gasteiger partial charge in [-0.2, -0.15) is 0 Å². The highest BCUT2D eigenvalue weighted by molar-refractivity contribution is 5.53. The quantitative estimate of drug-likeness (QED) is 0.895. The van der Waals surface area contributed by atoms with Crippen LogP contribution in [0.15, 0.2) is 18.2 Å². The first-order valence-corrected chi connectivity index (χ1v) is 7.31. The van der Waals surface area contributed by atoms with Gasteiger partial charge in [0.1, 0.15) is 0 Å². The Kier molecular flexibility index (Phi) is 4.83. The molecule has 2 rings (SSSR count). The van der Waals surface area contributed by atoms with Gasteiger partial charge >= 0.3 is 0 Å². The maximum atomic E-state index is 3.41. The molecule has 0 radical (unpaired) electrons. The van der Waals surface area contributed by atoms with E-state index < -0.39 is 0 Å². The minimum atomic E-state index is 0.604. The van der Waals surface area contributed by atoms with Crippen molar-refractivity contribution in [2.24, 2.45) is 0 Å². The minimum Gasteiger partial charge on any atom is -0.373 e. The Morgan fingerprint density at radius 1 is 1.26 bits per heavy atom. The van der Waals surface area contributed by atoms with Gasteiger partial charge in [0.25, 0.3) is 0 Å². The Labute approximate surface area is 117 Å². The molecule has 1 N–H and O–H groups in total. The SMILES string of the molecule is Cc1ccc(N(C)CC(C)N2CCNCC2)c(C)c1. The second kappa shape index (κ2) is 6.40. The van der Waals surface area contributed by atoms with Gasteiger partial charge in [-0.15, -0.1) is 0 Å². The maximum absolute atomic E-state index is 3.41. The van der Waals surface area contributed by atoms with Gasteiger partial charge in [-0.1, -0.05) is 17.7 Å². The number of hydrogen-bond acceptors (Lipinski definition) is 3. The molecule has 0 amide bonds. The molecule has 1 atom stereocenters. The van der Waals surface area contributed by atoms with Crippen LogP contribution in [-0.4, -0.2) is 50.7 Å². The van der Waals surface area contributed by atoms with Crippen molar-refractivity contribution >= 4 is 5.69 Å². The Bertz CT molecular complexity index is 410. The van der Waals surface area contributed by atoms with Gasteiger partial charge in [-0.25, -0.2) is 0 Å². The van der Waals surface area contributed by atoms with Crippen LogP contribution in [0.25, 0.3) is 0 Å². The summed E-state index contributed by atoms with van der Waals surface area (Å²) in [6.07, 6.45) is 0. The van der Waals surface area contributed by atoms with Crippen molar-refractivity contribution < 1.29 is 0 Å². The molecule has 3 heteroatoms. The molecule has 1 saturated heterocycles. The molecule has 1 aliphatic heterocycles. The fourth-order valence-electron chi connectivity index (χ4n) is 2.97. The molecular weight excluding hydrogens is 234 g/mol. The molecule has 1 fully saturated rings. The van der Waals surface area contributed by atoms with E-state index in [4.69, 9.17) is 0 Å². The van der Waals surface area contributed by atoms with E-state index in [2.05, 4.69) is 61.1 Å². The molecule has 1 unspecified atom stereocenters. The van der Waals surface area contributed by atoms with Gasteiger partial charge in [0.05, 0.1) is 0 Å². The van der Waals surface area contributed by atoms with Crippen LogP contribution in [0.2, 0.25) is 0 Å². The smallest absolute Gasteiger partial charge is 0.0394 e. The zero-order chi connectivity index (χ0) is 13.8. The summed E-state index contributed by atoms with van der Waals surface area (Å²) in [4.78, 5) is 4.97. The van der Waals surface area contributed by atoms with E-state index in [0.29, 0.717) is 6.04 Å². The van der Waals surface area contributed by atoms with E-state index in [1.165, 1.54) is 29.9 Å². The van der Waals surface area contributed by atoms with Crippen molar-refractivity contribution in [3.05, 3.63) is 29.3 Å². The summed E-state index contributed by atoms with van der Waals surface area (Å²) >= 11 is 0. The molecule has 1 aromatic rings. The third-order valence-corrected chi connectivity index (χ3v) is 4.08. The van der Waals surface area contributed by atoms with Crippen molar-refractivity contribution in [1.82, 2.24) is 10.2 Å². The number of benzene rings is 1. The largest absolute Gasteiger partial charge is 0.373 e. The number of rotatable bonds is 4. The molecule has 3 nitrogen and oxygen atoms in total. The van der Waals surface area contributed by atoms with Crippen molar-refractivity contribution in [2.45, 2.75) is 26.8 Å². The summed E-state index contributed by atoms with van der Waals surface area (Å²) in [6.45, 7) is 12.4. The highest BCUT2D eigenvalue weighted by Crippen LogP contribution is 2.20. The van der Waals surface area contributed by atoms with Crippen LogP contribution in [0, 0.1) is 13.8 Å². The van der Waals surface area contributed by atoms with E-state index in [1.807, 2.05) is 0 Å². The molecule has 0 aromatic heterocycles. The fraction of sp³-hybridized carbons (Fsp3) is 0.625. The molecule has 1 heterocycles. The molecule has 0 spiro atoms. The minimum absolute atomic E-state index is 0.604. The number of anilines is 1. The Morgan fingerprint density at radius 2 is 1.95 bits per heavy atom. The van der Waals surface area contributed by atoms with Gasteiger partial charge in [-0.3, -0.25) is 4.90 Å². The molecule has 106 valence electrons. The van der Waals surface area contributed by atoms with Gasteiger partial charge in [0.2, 0.25) is 0 Å². The number of hydrogen-bond donors (Lipinski definition) is 1. The van der Waals surface area contributed by atoms with Crippen molar-refractivity contribution in [3.63, 3.8) is 0 Å². The Morgan fingerprint density at radius 3 is 2.58 bits per heavy atom. The average Bonchev–Trinajstić information content (AvgIpc) is 2.39. The van der Waals surface area contributed by atoms with Gasteiger partial charge < -0.3 is 10.2 Å². The standard InChI is InChI=1S/C16H27N3/c1-13-5-6-16(14(2)11-13)18(4)12-15(3)19-9-7-17-8-10-19/h5-6,11,15,17H,7-10,12H2,1-4H3. The van der Waals surface area contributed by atoms with E-state index in [-0.39, 0.29) is 0 Å². The fourth-order valence-corrected chi connectivity index (χ4v) is 2.97. The number of likely N-dealkylation sites (N-methyl/N-ethyl adjacent to an activating group) is 1. The second-order valence-corrected chi connectivity index (χ2v) is 5.81. The van der Waals surface area contributed by atoms with Crippen molar-refractivity contribution in [1.29, 1.82) is 0 Å². The summed E-state index contributed by atoms with van der Waals surface area (Å²) in [5.74, 6) is 0. The third-order valence-electron chi connectivity index (χ3n) is 4.08. The Hall–Kier alpha value is -1.06. The predicted octanol–water partition coefficient (Wildman–Crippen LogP) is 2.03. The van der Waals surface area contributed by atoms with Gasteiger partial charge in [0.15, 0.2) is 0 Å². The first-order chi connectivity index (χ1) is 9.08. The summed E-state index contributed by atoms with van der Waals surface area (Å²) in [6, 6.07) is 7.32. The normalized spacial score (nSPS) is 18.3. The molecular formula is C16H27N3. The lowest BCUT2D eigenvalue weighted by Crippen LogP contribution is -2.50. The molecule has 1 aromatic carbocycles. The van der Waals surface area contributed by atoms with E-state index in [0.717, 1.165) is 19.6 Å². The third kappa shape index (κ3) is 3.71. The maximum Gasteiger partial charge on any atom is 0.0394 e. The number of nitrogens with one attached hydrogen (secondary N) is 1. The van der Waals surface area contributed by atoms with E-state index in [1.54, 1.807) is 0 Å². The zero-order valence-corrected chi connectivity index (χ0v) is 12.7. The van der Waals surface area contributed by atoms with Crippen LogP contribution < -0.4 is 10.2 Å². The lowest BCUT2D eigenvalue weighted by Gasteiger charge is -2.35. The van der Waals surface area contributed by atoms with Crippen LogP contribution in [0.1, 0.15) is 18.1 Å². The number of nitrogens with zero attached hydrogens (tertiary/aromatic N) is 2. The summed E-state index contributed by atoms with van der Waals surface area (Å²) < 4.78 is 0. The summed E-state index contributed by atoms with van der Waals surface area (Å²) in [5.41, 5.74) is 4.06. The Balaban J connectivity index is 1.97. The van der Waals surface area contributed by atoms with Crippen molar-refractivity contribution in [3.8, 4) is 0 Å². The van der Waals surface area contributed by atoms with Crippen LogP contribution >= 0.6 is 0 Å². The first-order valence-electron chi connectivity index (χ1n) is 7.31. The molecule has 1 aliphatic rings. The van der Waals surface area contributed by atoms with Gasteiger partial charge in [0, 0.05) is 51.5 Å². The molecule has 0 bridgehead atoms. The number of piperazine rings is 1.